The number of carbonyl (C=O) groups is 1. The van der Waals surface area contributed by atoms with Gasteiger partial charge in [0.15, 0.2) is 0 Å². The highest BCUT2D eigenvalue weighted by atomic mass is 16.4. The number of carboxylic acid groups (broad SMARTS) is 1. The molecule has 0 heterocycles. The average molecular weight is 217 g/mol. The molecule has 0 radical (unpaired) electrons. The van der Waals surface area contributed by atoms with Crippen LogP contribution in [0, 0.1) is 31.1 Å². The Morgan fingerprint density at radius 2 is 2.12 bits per heavy atom. The van der Waals surface area contributed by atoms with Gasteiger partial charge in [-0.05, 0) is 43.0 Å². The molecule has 0 amide bonds. The maximum atomic E-state index is 10.7. The average Bonchev–Trinajstić information content (AvgIpc) is 2.22. The van der Waals surface area contributed by atoms with E-state index < -0.39 is 11.9 Å². The quantitative estimate of drug-likeness (QED) is 0.845. The molecule has 0 fully saturated rings. The molecule has 1 unspecified atom stereocenters. The van der Waals surface area contributed by atoms with Crippen molar-refractivity contribution in [3.63, 3.8) is 0 Å². The van der Waals surface area contributed by atoms with E-state index in [1.165, 1.54) is 0 Å². The first-order valence-electron chi connectivity index (χ1n) is 5.18. The highest BCUT2D eigenvalue weighted by molar-refractivity contribution is 5.70. The van der Waals surface area contributed by atoms with E-state index in [0.29, 0.717) is 12.0 Å². The summed E-state index contributed by atoms with van der Waals surface area (Å²) in [6, 6.07) is 5.87. The number of carboxylic acids is 1. The Morgan fingerprint density at radius 3 is 2.62 bits per heavy atom. The third-order valence-corrected chi connectivity index (χ3v) is 2.81. The third-order valence-electron chi connectivity index (χ3n) is 2.81. The standard InChI is InChI=1S/C13H15NO2/c1-8-4-11(5-9(2)13(15)16)6-12(7-14)10(8)3/h4,6,9H,5H2,1-3H3,(H,15,16). The number of nitriles is 1. The van der Waals surface area contributed by atoms with Crippen LogP contribution in [-0.4, -0.2) is 11.1 Å². The van der Waals surface area contributed by atoms with Crippen molar-refractivity contribution in [3.8, 4) is 6.07 Å². The number of aryl methyl sites for hydroxylation is 1. The first kappa shape index (κ1) is 12.3. The van der Waals surface area contributed by atoms with Gasteiger partial charge in [-0.15, -0.1) is 0 Å². The zero-order valence-corrected chi connectivity index (χ0v) is 9.74. The maximum Gasteiger partial charge on any atom is 0.306 e. The number of aliphatic carboxylic acids is 1. The molecule has 0 aliphatic carbocycles. The molecular weight excluding hydrogens is 202 g/mol. The summed E-state index contributed by atoms with van der Waals surface area (Å²) < 4.78 is 0. The fraction of sp³-hybridized carbons (Fsp3) is 0.385. The lowest BCUT2D eigenvalue weighted by Gasteiger charge is -2.10. The van der Waals surface area contributed by atoms with Gasteiger partial charge in [0.05, 0.1) is 17.6 Å². The van der Waals surface area contributed by atoms with Crippen molar-refractivity contribution < 1.29 is 9.90 Å². The lowest BCUT2D eigenvalue weighted by atomic mass is 9.95. The van der Waals surface area contributed by atoms with Gasteiger partial charge in [-0.3, -0.25) is 4.79 Å². The second-order valence-corrected chi connectivity index (χ2v) is 4.14. The minimum atomic E-state index is -0.809. The SMILES string of the molecule is Cc1cc(CC(C)C(=O)O)cc(C#N)c1C. The number of rotatable bonds is 3. The van der Waals surface area contributed by atoms with E-state index in [0.717, 1.165) is 16.7 Å². The Hall–Kier alpha value is -1.82. The Morgan fingerprint density at radius 1 is 1.50 bits per heavy atom. The van der Waals surface area contributed by atoms with Crippen LogP contribution in [-0.2, 0) is 11.2 Å². The van der Waals surface area contributed by atoms with E-state index in [2.05, 4.69) is 6.07 Å². The first-order chi connectivity index (χ1) is 7.45. The van der Waals surface area contributed by atoms with Gasteiger partial charge in [0, 0.05) is 0 Å². The number of nitrogens with zero attached hydrogens (tertiary/aromatic N) is 1. The van der Waals surface area contributed by atoms with E-state index in [1.807, 2.05) is 19.9 Å². The molecule has 0 bridgehead atoms. The van der Waals surface area contributed by atoms with Crippen LogP contribution in [0.15, 0.2) is 12.1 Å². The van der Waals surface area contributed by atoms with E-state index in [4.69, 9.17) is 10.4 Å². The topological polar surface area (TPSA) is 61.1 Å². The van der Waals surface area contributed by atoms with Gasteiger partial charge in [-0.2, -0.15) is 5.26 Å². The molecule has 0 aromatic heterocycles. The summed E-state index contributed by atoms with van der Waals surface area (Å²) >= 11 is 0. The number of hydrogen-bond acceptors (Lipinski definition) is 2. The van der Waals surface area contributed by atoms with E-state index in [1.54, 1.807) is 13.0 Å². The molecule has 0 saturated heterocycles. The van der Waals surface area contributed by atoms with Crippen molar-refractivity contribution in [3.05, 3.63) is 34.4 Å². The van der Waals surface area contributed by atoms with Crippen LogP contribution in [0.3, 0.4) is 0 Å². The summed E-state index contributed by atoms with van der Waals surface area (Å²) in [5.74, 6) is -1.23. The second kappa shape index (κ2) is 4.80. The number of benzene rings is 1. The molecule has 0 aliphatic rings. The normalized spacial score (nSPS) is 11.9. The van der Waals surface area contributed by atoms with Gasteiger partial charge in [-0.1, -0.05) is 13.0 Å². The van der Waals surface area contributed by atoms with Crippen LogP contribution in [0.4, 0.5) is 0 Å². The van der Waals surface area contributed by atoms with Gasteiger partial charge in [0.1, 0.15) is 0 Å². The van der Waals surface area contributed by atoms with Crippen molar-refractivity contribution >= 4 is 5.97 Å². The van der Waals surface area contributed by atoms with Crippen LogP contribution in [0.1, 0.15) is 29.2 Å². The highest BCUT2D eigenvalue weighted by Gasteiger charge is 2.13. The molecule has 1 atom stereocenters. The van der Waals surface area contributed by atoms with Crippen LogP contribution in [0.2, 0.25) is 0 Å². The Kier molecular flexibility index (Phi) is 3.68. The predicted octanol–water partition coefficient (Wildman–Crippen LogP) is 2.44. The van der Waals surface area contributed by atoms with Crippen molar-refractivity contribution in [1.29, 1.82) is 5.26 Å². The molecule has 3 nitrogen and oxygen atoms in total. The summed E-state index contributed by atoms with van der Waals surface area (Å²) in [7, 11) is 0. The van der Waals surface area contributed by atoms with E-state index in [-0.39, 0.29) is 0 Å². The first-order valence-corrected chi connectivity index (χ1v) is 5.18. The largest absolute Gasteiger partial charge is 0.481 e. The maximum absolute atomic E-state index is 10.7. The molecular formula is C13H15NO2. The summed E-state index contributed by atoms with van der Waals surface area (Å²) in [4.78, 5) is 10.7. The fourth-order valence-electron chi connectivity index (χ4n) is 1.61. The molecule has 3 heteroatoms. The smallest absolute Gasteiger partial charge is 0.306 e. The highest BCUT2D eigenvalue weighted by Crippen LogP contribution is 2.18. The monoisotopic (exact) mass is 217 g/mol. The van der Waals surface area contributed by atoms with Gasteiger partial charge < -0.3 is 5.11 Å². The molecule has 1 rings (SSSR count). The van der Waals surface area contributed by atoms with E-state index >= 15 is 0 Å². The van der Waals surface area contributed by atoms with Crippen molar-refractivity contribution in [1.82, 2.24) is 0 Å². The molecule has 84 valence electrons. The van der Waals surface area contributed by atoms with Gasteiger partial charge >= 0.3 is 5.97 Å². The lowest BCUT2D eigenvalue weighted by Crippen LogP contribution is -2.12. The summed E-state index contributed by atoms with van der Waals surface area (Å²) in [5.41, 5.74) is 3.54. The molecule has 1 aromatic carbocycles. The summed E-state index contributed by atoms with van der Waals surface area (Å²) in [5, 5.41) is 17.8. The van der Waals surface area contributed by atoms with Crippen molar-refractivity contribution in [2.24, 2.45) is 5.92 Å². The minimum absolute atomic E-state index is 0.423. The molecule has 0 spiro atoms. The van der Waals surface area contributed by atoms with Crippen LogP contribution >= 0.6 is 0 Å². The molecule has 1 N–H and O–H groups in total. The Bertz CT molecular complexity index is 458. The zero-order chi connectivity index (χ0) is 12.3. The van der Waals surface area contributed by atoms with Gasteiger partial charge in [0.25, 0.3) is 0 Å². The van der Waals surface area contributed by atoms with Crippen LogP contribution in [0.25, 0.3) is 0 Å². The fourth-order valence-corrected chi connectivity index (χ4v) is 1.61. The summed E-state index contributed by atoms with van der Waals surface area (Å²) in [6.07, 6.45) is 0.463. The second-order valence-electron chi connectivity index (χ2n) is 4.14. The predicted molar refractivity (Wildman–Crippen MR) is 61.1 cm³/mol. The van der Waals surface area contributed by atoms with Crippen LogP contribution < -0.4 is 0 Å². The lowest BCUT2D eigenvalue weighted by molar-refractivity contribution is -0.141. The number of hydrogen-bond donors (Lipinski definition) is 1. The Labute approximate surface area is 95.3 Å². The third kappa shape index (κ3) is 2.60. The van der Waals surface area contributed by atoms with Crippen molar-refractivity contribution in [2.45, 2.75) is 27.2 Å². The minimum Gasteiger partial charge on any atom is -0.481 e. The van der Waals surface area contributed by atoms with Gasteiger partial charge in [-0.25, -0.2) is 0 Å². The van der Waals surface area contributed by atoms with Crippen LogP contribution in [0.5, 0.6) is 0 Å². The summed E-state index contributed by atoms with van der Waals surface area (Å²) in [6.45, 7) is 5.51. The zero-order valence-electron chi connectivity index (χ0n) is 9.74. The molecule has 0 saturated carbocycles. The molecule has 0 aliphatic heterocycles. The van der Waals surface area contributed by atoms with Crippen molar-refractivity contribution in [2.75, 3.05) is 0 Å². The molecule has 16 heavy (non-hydrogen) atoms. The molecule has 1 aromatic rings. The van der Waals surface area contributed by atoms with E-state index in [9.17, 15) is 4.79 Å². The van der Waals surface area contributed by atoms with Gasteiger partial charge in [0.2, 0.25) is 0 Å². The Balaban J connectivity index is 3.04.